The van der Waals surface area contributed by atoms with Crippen LogP contribution in [0.2, 0.25) is 0 Å². The Labute approximate surface area is 164 Å². The lowest BCUT2D eigenvalue weighted by molar-refractivity contribution is -0.384. The van der Waals surface area contributed by atoms with Crippen LogP contribution in [0.1, 0.15) is 38.5 Å². The van der Waals surface area contributed by atoms with Gasteiger partial charge in [-0.05, 0) is 37.8 Å². The third-order valence-electron chi connectivity index (χ3n) is 5.58. The van der Waals surface area contributed by atoms with Crippen molar-refractivity contribution in [3.8, 4) is 0 Å². The van der Waals surface area contributed by atoms with Crippen LogP contribution in [0.15, 0.2) is 23.1 Å². The van der Waals surface area contributed by atoms with E-state index in [1.54, 1.807) is 0 Å². The molecule has 3 rings (SSSR count). The smallest absolute Gasteiger partial charge is 0.293 e. The van der Waals surface area contributed by atoms with E-state index in [4.69, 9.17) is 5.73 Å². The first kappa shape index (κ1) is 20.5. The molecule has 0 saturated carbocycles. The molecular weight excluding hydrogens is 384 g/mol. The van der Waals surface area contributed by atoms with Crippen molar-refractivity contribution < 1.29 is 18.1 Å². The summed E-state index contributed by atoms with van der Waals surface area (Å²) >= 11 is 0. The highest BCUT2D eigenvalue weighted by molar-refractivity contribution is 7.89. The summed E-state index contributed by atoms with van der Waals surface area (Å²) < 4.78 is 27.3. The third-order valence-corrected chi connectivity index (χ3v) is 7.48. The Bertz CT molecular complexity index is 842. The second-order valence-corrected chi connectivity index (χ2v) is 9.33. The minimum Gasteiger partial charge on any atom is -0.369 e. The van der Waals surface area contributed by atoms with Crippen LogP contribution in [-0.2, 0) is 14.8 Å². The summed E-state index contributed by atoms with van der Waals surface area (Å²) in [6.45, 7) is 1.82. The number of amides is 1. The molecule has 2 saturated heterocycles. The van der Waals surface area contributed by atoms with Crippen molar-refractivity contribution in [3.05, 3.63) is 28.3 Å². The number of nitrogens with zero attached hydrogens (tertiary/aromatic N) is 3. The molecule has 1 aromatic carbocycles. The highest BCUT2D eigenvalue weighted by Crippen LogP contribution is 2.34. The molecule has 0 aromatic heterocycles. The number of piperidine rings is 1. The lowest BCUT2D eigenvalue weighted by Crippen LogP contribution is -2.38. The van der Waals surface area contributed by atoms with Gasteiger partial charge in [0.2, 0.25) is 15.9 Å². The van der Waals surface area contributed by atoms with Crippen LogP contribution in [-0.4, -0.2) is 49.7 Å². The van der Waals surface area contributed by atoms with Gasteiger partial charge in [-0.3, -0.25) is 14.9 Å². The molecule has 0 spiro atoms. The van der Waals surface area contributed by atoms with Crippen LogP contribution in [0.4, 0.5) is 11.4 Å². The second kappa shape index (κ2) is 8.44. The third kappa shape index (κ3) is 4.27. The predicted molar refractivity (Wildman–Crippen MR) is 104 cm³/mol. The number of benzene rings is 1. The van der Waals surface area contributed by atoms with Gasteiger partial charge in [-0.15, -0.1) is 0 Å². The van der Waals surface area contributed by atoms with E-state index in [2.05, 4.69) is 0 Å². The molecule has 1 amide bonds. The minimum atomic E-state index is -3.76. The Kier molecular flexibility index (Phi) is 6.19. The average molecular weight is 410 g/mol. The number of carbonyl (C=O) groups excluding carboxylic acids is 1. The molecule has 154 valence electrons. The number of hydrogen-bond donors (Lipinski definition) is 1. The Balaban J connectivity index is 1.87. The quantitative estimate of drug-likeness (QED) is 0.583. The normalized spacial score (nSPS) is 19.9. The van der Waals surface area contributed by atoms with E-state index in [1.165, 1.54) is 16.4 Å². The van der Waals surface area contributed by atoms with E-state index in [0.717, 1.165) is 31.7 Å². The van der Waals surface area contributed by atoms with Gasteiger partial charge in [0, 0.05) is 38.2 Å². The number of carbonyl (C=O) groups is 1. The highest BCUT2D eigenvalue weighted by Gasteiger charge is 2.31. The van der Waals surface area contributed by atoms with Crippen molar-refractivity contribution in [2.24, 2.45) is 11.7 Å². The lowest BCUT2D eigenvalue weighted by atomic mass is 9.96. The fourth-order valence-electron chi connectivity index (χ4n) is 3.91. The van der Waals surface area contributed by atoms with Crippen LogP contribution in [0, 0.1) is 16.0 Å². The van der Waals surface area contributed by atoms with Gasteiger partial charge in [0.25, 0.3) is 5.69 Å². The number of nitro groups is 1. The van der Waals surface area contributed by atoms with Crippen LogP contribution in [0.25, 0.3) is 0 Å². The van der Waals surface area contributed by atoms with E-state index < -0.39 is 14.9 Å². The fourth-order valence-corrected chi connectivity index (χ4v) is 5.45. The summed E-state index contributed by atoms with van der Waals surface area (Å²) in [4.78, 5) is 24.2. The van der Waals surface area contributed by atoms with Crippen LogP contribution in [0.3, 0.4) is 0 Å². The molecule has 2 aliphatic heterocycles. The molecule has 2 aliphatic rings. The van der Waals surface area contributed by atoms with Gasteiger partial charge in [0.05, 0.1) is 9.82 Å². The zero-order valence-electron chi connectivity index (χ0n) is 15.7. The molecule has 2 fully saturated rings. The number of anilines is 1. The van der Waals surface area contributed by atoms with E-state index in [9.17, 15) is 23.3 Å². The Morgan fingerprint density at radius 1 is 1.07 bits per heavy atom. The molecule has 1 aromatic rings. The first-order valence-electron chi connectivity index (χ1n) is 9.63. The molecule has 0 bridgehead atoms. The minimum absolute atomic E-state index is 0.0446. The summed E-state index contributed by atoms with van der Waals surface area (Å²) in [6, 6.07) is 4.12. The molecule has 0 radical (unpaired) electrons. The van der Waals surface area contributed by atoms with Crippen molar-refractivity contribution in [2.75, 3.05) is 31.1 Å². The first-order valence-corrected chi connectivity index (χ1v) is 11.1. The molecule has 0 aliphatic carbocycles. The van der Waals surface area contributed by atoms with E-state index in [-0.39, 0.29) is 22.4 Å². The van der Waals surface area contributed by atoms with E-state index in [1.807, 2.05) is 4.90 Å². The molecule has 10 heteroatoms. The zero-order chi connectivity index (χ0) is 20.3. The van der Waals surface area contributed by atoms with Crippen molar-refractivity contribution in [2.45, 2.75) is 43.4 Å². The standard InChI is InChI=1S/C18H26N4O5S/c19-18(23)14-7-11-20(12-8-14)16-6-5-15(13-17(16)22(24)25)28(26,27)21-9-3-1-2-4-10-21/h5-6,13-14H,1-4,7-12H2,(H2,19,23). The second-order valence-electron chi connectivity index (χ2n) is 7.39. The van der Waals surface area contributed by atoms with Gasteiger partial charge < -0.3 is 10.6 Å². The topological polar surface area (TPSA) is 127 Å². The molecule has 0 unspecified atom stereocenters. The molecular formula is C18H26N4O5S. The number of primary amides is 1. The summed E-state index contributed by atoms with van der Waals surface area (Å²) in [5.74, 6) is -0.578. The van der Waals surface area contributed by atoms with Crippen molar-refractivity contribution in [3.63, 3.8) is 0 Å². The number of sulfonamides is 1. The van der Waals surface area contributed by atoms with Crippen LogP contribution in [0.5, 0.6) is 0 Å². The maximum atomic E-state index is 13.0. The maximum Gasteiger partial charge on any atom is 0.293 e. The molecule has 2 N–H and O–H groups in total. The number of rotatable bonds is 5. The molecule has 9 nitrogen and oxygen atoms in total. The fraction of sp³-hybridized carbons (Fsp3) is 0.611. The Morgan fingerprint density at radius 2 is 1.68 bits per heavy atom. The zero-order valence-corrected chi connectivity index (χ0v) is 16.6. The Morgan fingerprint density at radius 3 is 2.21 bits per heavy atom. The van der Waals surface area contributed by atoms with Crippen molar-refractivity contribution >= 4 is 27.3 Å². The Hall–Kier alpha value is -2.20. The van der Waals surface area contributed by atoms with E-state index >= 15 is 0 Å². The van der Waals surface area contributed by atoms with Crippen molar-refractivity contribution in [1.29, 1.82) is 0 Å². The number of nitrogens with two attached hydrogens (primary N) is 1. The molecule has 28 heavy (non-hydrogen) atoms. The largest absolute Gasteiger partial charge is 0.369 e. The highest BCUT2D eigenvalue weighted by atomic mass is 32.2. The lowest BCUT2D eigenvalue weighted by Gasteiger charge is -2.32. The van der Waals surface area contributed by atoms with Gasteiger partial charge >= 0.3 is 0 Å². The van der Waals surface area contributed by atoms with Gasteiger partial charge in [-0.1, -0.05) is 12.8 Å². The van der Waals surface area contributed by atoms with Gasteiger partial charge in [-0.2, -0.15) is 4.31 Å². The van der Waals surface area contributed by atoms with Crippen LogP contribution >= 0.6 is 0 Å². The van der Waals surface area contributed by atoms with Gasteiger partial charge in [0.1, 0.15) is 5.69 Å². The summed E-state index contributed by atoms with van der Waals surface area (Å²) in [7, 11) is -3.76. The van der Waals surface area contributed by atoms with E-state index in [0.29, 0.717) is 44.7 Å². The first-order chi connectivity index (χ1) is 13.3. The van der Waals surface area contributed by atoms with Gasteiger partial charge in [-0.25, -0.2) is 8.42 Å². The summed E-state index contributed by atoms with van der Waals surface area (Å²) in [5.41, 5.74) is 5.49. The summed E-state index contributed by atoms with van der Waals surface area (Å²) in [5, 5.41) is 11.6. The summed E-state index contributed by atoms with van der Waals surface area (Å²) in [6.07, 6.45) is 4.64. The molecule has 0 atom stereocenters. The number of nitro benzene ring substituents is 1. The van der Waals surface area contributed by atoms with Gasteiger partial charge in [0.15, 0.2) is 0 Å². The SMILES string of the molecule is NC(=O)C1CCN(c2ccc(S(=O)(=O)N3CCCCCC3)cc2[N+](=O)[O-])CC1. The monoisotopic (exact) mass is 410 g/mol. The van der Waals surface area contributed by atoms with Crippen LogP contribution < -0.4 is 10.6 Å². The van der Waals surface area contributed by atoms with Crippen molar-refractivity contribution in [1.82, 2.24) is 4.31 Å². The maximum absolute atomic E-state index is 13.0. The average Bonchev–Trinajstić information content (AvgIpc) is 2.97. The molecule has 2 heterocycles. The predicted octanol–water partition coefficient (Wildman–Crippen LogP) is 1.86. The number of hydrogen-bond acceptors (Lipinski definition) is 6.